The number of nitrogens with zero attached hydrogens (tertiary/aromatic N) is 1. The molecule has 0 aromatic carbocycles. The average Bonchev–Trinajstić information content (AvgIpc) is 2.52. The molecule has 17 heavy (non-hydrogen) atoms. The van der Waals surface area contributed by atoms with Crippen molar-refractivity contribution in [2.24, 2.45) is 0 Å². The van der Waals surface area contributed by atoms with Crippen LogP contribution in [0.3, 0.4) is 0 Å². The van der Waals surface area contributed by atoms with E-state index in [0.717, 1.165) is 4.90 Å². The first kappa shape index (κ1) is 12.6. The number of carbonyl (C=O) groups excluding carboxylic acids is 1. The van der Waals surface area contributed by atoms with E-state index in [2.05, 4.69) is 5.32 Å². The average molecular weight is 267 g/mol. The number of urea groups is 1. The number of aliphatic hydroxyl groups excluding tert-OH is 2. The zero-order valence-electron chi connectivity index (χ0n) is 8.72. The molecule has 2 amide bonds. The number of nitrogens with one attached hydrogen (secondary N) is 1. The second-order valence-electron chi connectivity index (χ2n) is 3.81. The number of aliphatic hydroxyl groups is 2. The van der Waals surface area contributed by atoms with Gasteiger partial charge in [-0.15, -0.1) is 0 Å². The SMILES string of the molecule is O=C1NCC=CN1[C@@H]1O[C@H](CO)[C@@H](O)[C@]1(F)Cl. The van der Waals surface area contributed by atoms with Crippen LogP contribution in [-0.4, -0.2) is 57.9 Å². The van der Waals surface area contributed by atoms with Crippen molar-refractivity contribution < 1.29 is 24.1 Å². The van der Waals surface area contributed by atoms with Crippen LogP contribution in [0.25, 0.3) is 0 Å². The number of amides is 2. The minimum absolute atomic E-state index is 0.329. The molecule has 2 aliphatic heterocycles. The molecule has 0 aromatic heterocycles. The summed E-state index contributed by atoms with van der Waals surface area (Å²) in [6, 6.07) is -0.578. The lowest BCUT2D eigenvalue weighted by Gasteiger charge is -2.31. The maximum atomic E-state index is 14.1. The van der Waals surface area contributed by atoms with Crippen LogP contribution in [0.4, 0.5) is 9.18 Å². The summed E-state index contributed by atoms with van der Waals surface area (Å²) < 4.78 is 19.1. The van der Waals surface area contributed by atoms with Gasteiger partial charge in [-0.3, -0.25) is 4.90 Å². The van der Waals surface area contributed by atoms with E-state index in [1.807, 2.05) is 0 Å². The fourth-order valence-corrected chi connectivity index (χ4v) is 2.07. The first-order chi connectivity index (χ1) is 7.98. The van der Waals surface area contributed by atoms with Gasteiger partial charge >= 0.3 is 6.03 Å². The minimum atomic E-state index is -2.66. The van der Waals surface area contributed by atoms with Crippen LogP contribution in [0.2, 0.25) is 0 Å². The number of hydrogen-bond donors (Lipinski definition) is 3. The van der Waals surface area contributed by atoms with Crippen molar-refractivity contribution >= 4 is 17.6 Å². The van der Waals surface area contributed by atoms with Crippen molar-refractivity contribution in [2.75, 3.05) is 13.2 Å². The van der Waals surface area contributed by atoms with Crippen molar-refractivity contribution in [3.8, 4) is 0 Å². The van der Waals surface area contributed by atoms with E-state index < -0.39 is 36.2 Å². The molecule has 2 rings (SSSR count). The second kappa shape index (κ2) is 4.41. The summed E-state index contributed by atoms with van der Waals surface area (Å²) in [6.45, 7) is -0.259. The van der Waals surface area contributed by atoms with Crippen LogP contribution in [0.5, 0.6) is 0 Å². The molecule has 0 aromatic rings. The van der Waals surface area contributed by atoms with Gasteiger partial charge in [0, 0.05) is 12.7 Å². The molecule has 4 atom stereocenters. The molecule has 8 heteroatoms. The molecule has 0 spiro atoms. The lowest BCUT2D eigenvalue weighted by molar-refractivity contribution is -0.0619. The topological polar surface area (TPSA) is 82.0 Å². The first-order valence-corrected chi connectivity index (χ1v) is 5.41. The van der Waals surface area contributed by atoms with E-state index in [9.17, 15) is 14.3 Å². The van der Waals surface area contributed by atoms with Gasteiger partial charge in [0.15, 0.2) is 6.23 Å². The number of hydrogen-bond acceptors (Lipinski definition) is 4. The Morgan fingerprint density at radius 3 is 3.00 bits per heavy atom. The lowest BCUT2D eigenvalue weighted by atomic mass is 10.1. The Labute approximate surface area is 102 Å². The van der Waals surface area contributed by atoms with Gasteiger partial charge in [-0.2, -0.15) is 0 Å². The first-order valence-electron chi connectivity index (χ1n) is 5.03. The summed E-state index contributed by atoms with van der Waals surface area (Å²) in [7, 11) is 0. The highest BCUT2D eigenvalue weighted by atomic mass is 35.5. The largest absolute Gasteiger partial charge is 0.394 e. The summed E-state index contributed by atoms with van der Waals surface area (Å²) in [5.41, 5.74) is 0. The second-order valence-corrected chi connectivity index (χ2v) is 4.39. The van der Waals surface area contributed by atoms with Gasteiger partial charge in [0.1, 0.15) is 12.2 Å². The van der Waals surface area contributed by atoms with E-state index >= 15 is 0 Å². The summed E-state index contributed by atoms with van der Waals surface area (Å²) in [4.78, 5) is 12.4. The third-order valence-electron chi connectivity index (χ3n) is 2.68. The molecule has 2 aliphatic rings. The van der Waals surface area contributed by atoms with Crippen molar-refractivity contribution in [1.29, 1.82) is 0 Å². The van der Waals surface area contributed by atoms with E-state index in [1.165, 1.54) is 6.20 Å². The molecule has 0 unspecified atom stereocenters. The standard InChI is InChI=1S/C9H12ClFN2O4/c10-9(11)6(15)5(4-14)17-7(9)13-3-1-2-12-8(13)16/h1,3,5-7,14-15H,2,4H2,(H,12,16)/t5-,6-,7-,9-/m1/s1. The highest BCUT2D eigenvalue weighted by Gasteiger charge is 2.59. The highest BCUT2D eigenvalue weighted by Crippen LogP contribution is 2.40. The number of ether oxygens (including phenoxy) is 1. The van der Waals surface area contributed by atoms with Crippen LogP contribution >= 0.6 is 11.6 Å². The molecular formula is C9H12ClFN2O4. The van der Waals surface area contributed by atoms with Crippen molar-refractivity contribution in [3.05, 3.63) is 12.3 Å². The normalized spacial score (nSPS) is 41.8. The monoisotopic (exact) mass is 266 g/mol. The molecule has 96 valence electrons. The summed E-state index contributed by atoms with van der Waals surface area (Å²) >= 11 is 5.55. The van der Waals surface area contributed by atoms with Crippen LogP contribution in [-0.2, 0) is 4.74 Å². The Balaban J connectivity index is 2.23. The molecule has 0 saturated carbocycles. The molecule has 0 bridgehead atoms. The van der Waals surface area contributed by atoms with Crippen molar-refractivity contribution in [1.82, 2.24) is 10.2 Å². The van der Waals surface area contributed by atoms with Gasteiger partial charge in [-0.1, -0.05) is 11.6 Å². The van der Waals surface area contributed by atoms with E-state index in [0.29, 0.717) is 6.54 Å². The Bertz CT molecular complexity index is 352. The Hall–Kier alpha value is -0.890. The van der Waals surface area contributed by atoms with Gasteiger partial charge in [-0.05, 0) is 6.08 Å². The molecular weight excluding hydrogens is 255 g/mol. The zero-order valence-corrected chi connectivity index (χ0v) is 9.47. The third-order valence-corrected chi connectivity index (χ3v) is 3.09. The summed E-state index contributed by atoms with van der Waals surface area (Å²) in [5.74, 6) is 0. The summed E-state index contributed by atoms with van der Waals surface area (Å²) in [5, 5.41) is 18.2. The maximum absolute atomic E-state index is 14.1. The van der Waals surface area contributed by atoms with Gasteiger partial charge in [0.2, 0.25) is 0 Å². The molecule has 0 radical (unpaired) electrons. The van der Waals surface area contributed by atoms with Crippen LogP contribution in [0, 0.1) is 0 Å². The van der Waals surface area contributed by atoms with Gasteiger partial charge in [-0.25, -0.2) is 9.18 Å². The van der Waals surface area contributed by atoms with Gasteiger partial charge < -0.3 is 20.3 Å². The Morgan fingerprint density at radius 1 is 1.76 bits per heavy atom. The van der Waals surface area contributed by atoms with E-state index in [4.69, 9.17) is 21.4 Å². The van der Waals surface area contributed by atoms with Gasteiger partial charge in [0.05, 0.1) is 6.61 Å². The van der Waals surface area contributed by atoms with Crippen LogP contribution < -0.4 is 5.32 Å². The fraction of sp³-hybridized carbons (Fsp3) is 0.667. The quantitative estimate of drug-likeness (QED) is 0.589. The Kier molecular flexibility index (Phi) is 3.26. The Morgan fingerprint density at radius 2 is 2.47 bits per heavy atom. The summed E-state index contributed by atoms with van der Waals surface area (Å²) in [6.07, 6.45) is -1.44. The fourth-order valence-electron chi connectivity index (χ4n) is 1.77. The van der Waals surface area contributed by atoms with Crippen molar-refractivity contribution in [3.63, 3.8) is 0 Å². The van der Waals surface area contributed by atoms with E-state index in [-0.39, 0.29) is 0 Å². The predicted molar refractivity (Wildman–Crippen MR) is 55.8 cm³/mol. The number of halogens is 2. The number of alkyl halides is 2. The van der Waals surface area contributed by atoms with Crippen LogP contribution in [0.1, 0.15) is 0 Å². The maximum Gasteiger partial charge on any atom is 0.323 e. The smallest absolute Gasteiger partial charge is 0.323 e. The third kappa shape index (κ3) is 1.99. The molecule has 1 saturated heterocycles. The molecule has 1 fully saturated rings. The van der Waals surface area contributed by atoms with E-state index in [1.54, 1.807) is 6.08 Å². The molecule has 0 aliphatic carbocycles. The molecule has 3 N–H and O–H groups in total. The molecule has 2 heterocycles. The number of carbonyl (C=O) groups is 1. The molecule has 6 nitrogen and oxygen atoms in total. The predicted octanol–water partition coefficient (Wildman–Crippen LogP) is -0.492. The number of rotatable bonds is 2. The van der Waals surface area contributed by atoms with Crippen LogP contribution in [0.15, 0.2) is 12.3 Å². The lowest BCUT2D eigenvalue weighted by Crippen LogP contribution is -2.53. The van der Waals surface area contributed by atoms with Crippen molar-refractivity contribution in [2.45, 2.75) is 23.6 Å². The van der Waals surface area contributed by atoms with Gasteiger partial charge in [0.25, 0.3) is 5.13 Å². The minimum Gasteiger partial charge on any atom is -0.394 e. The zero-order chi connectivity index (χ0) is 12.6. The highest BCUT2D eigenvalue weighted by molar-refractivity contribution is 6.24.